The van der Waals surface area contributed by atoms with E-state index in [2.05, 4.69) is 5.32 Å². The first-order valence-electron chi connectivity index (χ1n) is 8.52. The SMILES string of the molecule is O=C(NC(Cc1cccc(Oc2ccccc2)c1)C(=O)O)c1ccccc1. The molecule has 5 heteroatoms. The Labute approximate surface area is 157 Å². The van der Waals surface area contributed by atoms with Gasteiger partial charge in [0.25, 0.3) is 5.91 Å². The van der Waals surface area contributed by atoms with E-state index < -0.39 is 17.9 Å². The lowest BCUT2D eigenvalue weighted by Crippen LogP contribution is -2.42. The summed E-state index contributed by atoms with van der Waals surface area (Å²) in [6.45, 7) is 0. The number of nitrogens with one attached hydrogen (secondary N) is 1. The molecular formula is C22H19NO4. The second kappa shape index (κ2) is 8.67. The van der Waals surface area contributed by atoms with E-state index in [4.69, 9.17) is 4.74 Å². The number of hydrogen-bond acceptors (Lipinski definition) is 3. The third-order valence-electron chi connectivity index (χ3n) is 3.96. The summed E-state index contributed by atoms with van der Waals surface area (Å²) >= 11 is 0. The van der Waals surface area contributed by atoms with E-state index in [1.54, 1.807) is 48.5 Å². The second-order valence-electron chi connectivity index (χ2n) is 6.00. The zero-order valence-corrected chi connectivity index (χ0v) is 14.5. The summed E-state index contributed by atoms with van der Waals surface area (Å²) in [5.41, 5.74) is 1.18. The van der Waals surface area contributed by atoms with Gasteiger partial charge in [-0.3, -0.25) is 4.79 Å². The molecule has 0 saturated carbocycles. The number of rotatable bonds is 7. The van der Waals surface area contributed by atoms with Crippen molar-refractivity contribution in [3.63, 3.8) is 0 Å². The van der Waals surface area contributed by atoms with Crippen molar-refractivity contribution in [2.75, 3.05) is 0 Å². The lowest BCUT2D eigenvalue weighted by molar-refractivity contribution is -0.139. The third-order valence-corrected chi connectivity index (χ3v) is 3.96. The molecule has 0 aliphatic rings. The number of hydrogen-bond donors (Lipinski definition) is 2. The van der Waals surface area contributed by atoms with Crippen molar-refractivity contribution in [3.05, 3.63) is 96.1 Å². The highest BCUT2D eigenvalue weighted by Crippen LogP contribution is 2.22. The van der Waals surface area contributed by atoms with Gasteiger partial charge in [-0.2, -0.15) is 0 Å². The number of ether oxygens (including phenoxy) is 1. The van der Waals surface area contributed by atoms with E-state index in [0.717, 1.165) is 5.56 Å². The van der Waals surface area contributed by atoms with Crippen molar-refractivity contribution in [1.82, 2.24) is 5.32 Å². The summed E-state index contributed by atoms with van der Waals surface area (Å²) in [5, 5.41) is 12.1. The van der Waals surface area contributed by atoms with Crippen LogP contribution in [0.3, 0.4) is 0 Å². The highest BCUT2D eigenvalue weighted by molar-refractivity contribution is 5.96. The van der Waals surface area contributed by atoms with Crippen LogP contribution in [0.2, 0.25) is 0 Å². The van der Waals surface area contributed by atoms with Crippen molar-refractivity contribution >= 4 is 11.9 Å². The minimum absolute atomic E-state index is 0.153. The maximum absolute atomic E-state index is 12.3. The number of amides is 1. The molecule has 0 aliphatic carbocycles. The predicted octanol–water partition coefficient (Wildman–Crippen LogP) is 3.90. The van der Waals surface area contributed by atoms with Gasteiger partial charge in [-0.25, -0.2) is 4.79 Å². The van der Waals surface area contributed by atoms with Crippen LogP contribution in [0, 0.1) is 0 Å². The molecule has 0 aromatic heterocycles. The summed E-state index contributed by atoms with van der Waals surface area (Å²) in [5.74, 6) is -0.201. The van der Waals surface area contributed by atoms with Gasteiger partial charge in [-0.1, -0.05) is 48.5 Å². The van der Waals surface area contributed by atoms with Gasteiger partial charge in [-0.15, -0.1) is 0 Å². The summed E-state index contributed by atoms with van der Waals surface area (Å²) < 4.78 is 5.78. The van der Waals surface area contributed by atoms with Gasteiger partial charge in [-0.05, 0) is 42.0 Å². The molecule has 0 saturated heterocycles. The van der Waals surface area contributed by atoms with Crippen molar-refractivity contribution in [3.8, 4) is 11.5 Å². The molecule has 27 heavy (non-hydrogen) atoms. The number of carbonyl (C=O) groups is 2. The largest absolute Gasteiger partial charge is 0.480 e. The standard InChI is InChI=1S/C22H19NO4/c24-21(17-9-3-1-4-10-17)23-20(22(25)26)15-16-8-7-13-19(14-16)27-18-11-5-2-6-12-18/h1-14,20H,15H2,(H,23,24)(H,25,26). The number of carboxylic acids is 1. The van der Waals surface area contributed by atoms with Crippen LogP contribution in [0.25, 0.3) is 0 Å². The lowest BCUT2D eigenvalue weighted by Gasteiger charge is -2.15. The van der Waals surface area contributed by atoms with Crippen LogP contribution in [0.4, 0.5) is 0 Å². The number of carbonyl (C=O) groups excluding carboxylic acids is 1. The average molecular weight is 361 g/mol. The minimum Gasteiger partial charge on any atom is -0.480 e. The molecule has 136 valence electrons. The molecule has 0 aliphatic heterocycles. The Balaban J connectivity index is 1.70. The minimum atomic E-state index is -1.09. The molecule has 3 aromatic carbocycles. The molecule has 3 rings (SSSR count). The molecule has 5 nitrogen and oxygen atoms in total. The molecule has 0 spiro atoms. The number of carboxylic acid groups (broad SMARTS) is 1. The highest BCUT2D eigenvalue weighted by atomic mass is 16.5. The predicted molar refractivity (Wildman–Crippen MR) is 102 cm³/mol. The van der Waals surface area contributed by atoms with E-state index in [9.17, 15) is 14.7 Å². The third kappa shape index (κ3) is 5.19. The topological polar surface area (TPSA) is 75.6 Å². The van der Waals surface area contributed by atoms with Crippen LogP contribution in [-0.2, 0) is 11.2 Å². The van der Waals surface area contributed by atoms with Gasteiger partial charge in [0.1, 0.15) is 17.5 Å². The number of aliphatic carboxylic acids is 1. The normalized spacial score (nSPS) is 11.4. The quantitative estimate of drug-likeness (QED) is 0.669. The summed E-state index contributed by atoms with van der Waals surface area (Å²) in [4.78, 5) is 23.9. The number of benzene rings is 3. The molecule has 0 heterocycles. The Morgan fingerprint density at radius 3 is 2.15 bits per heavy atom. The van der Waals surface area contributed by atoms with Gasteiger partial charge in [0, 0.05) is 12.0 Å². The van der Waals surface area contributed by atoms with Crippen LogP contribution >= 0.6 is 0 Å². The molecule has 0 radical (unpaired) electrons. The molecule has 3 aromatic rings. The van der Waals surface area contributed by atoms with E-state index in [1.165, 1.54) is 0 Å². The van der Waals surface area contributed by atoms with Crippen molar-refractivity contribution in [1.29, 1.82) is 0 Å². The molecule has 2 N–H and O–H groups in total. The monoisotopic (exact) mass is 361 g/mol. The summed E-state index contributed by atoms with van der Waals surface area (Å²) in [6.07, 6.45) is 0.153. The van der Waals surface area contributed by atoms with Gasteiger partial charge < -0.3 is 15.2 Å². The first-order chi connectivity index (χ1) is 13.1. The van der Waals surface area contributed by atoms with Gasteiger partial charge in [0.2, 0.25) is 0 Å². The van der Waals surface area contributed by atoms with E-state index in [0.29, 0.717) is 17.1 Å². The average Bonchev–Trinajstić information content (AvgIpc) is 2.69. The fourth-order valence-electron chi connectivity index (χ4n) is 2.63. The van der Waals surface area contributed by atoms with Crippen LogP contribution in [0.15, 0.2) is 84.9 Å². The van der Waals surface area contributed by atoms with Crippen molar-refractivity contribution < 1.29 is 19.4 Å². The van der Waals surface area contributed by atoms with Crippen molar-refractivity contribution in [2.24, 2.45) is 0 Å². The fraction of sp³-hybridized carbons (Fsp3) is 0.0909. The molecule has 1 amide bonds. The Bertz CT molecular complexity index is 910. The Kier molecular flexibility index (Phi) is 5.84. The number of para-hydroxylation sites is 1. The Morgan fingerprint density at radius 1 is 0.852 bits per heavy atom. The van der Waals surface area contributed by atoms with E-state index >= 15 is 0 Å². The zero-order chi connectivity index (χ0) is 19.1. The van der Waals surface area contributed by atoms with Gasteiger partial charge in [0.15, 0.2) is 0 Å². The molecule has 1 unspecified atom stereocenters. The van der Waals surface area contributed by atoms with Crippen LogP contribution in [0.1, 0.15) is 15.9 Å². The fourth-order valence-corrected chi connectivity index (χ4v) is 2.63. The van der Waals surface area contributed by atoms with Crippen LogP contribution in [-0.4, -0.2) is 23.0 Å². The zero-order valence-electron chi connectivity index (χ0n) is 14.5. The lowest BCUT2D eigenvalue weighted by atomic mass is 10.0. The van der Waals surface area contributed by atoms with E-state index in [-0.39, 0.29) is 6.42 Å². The maximum atomic E-state index is 12.3. The van der Waals surface area contributed by atoms with E-state index in [1.807, 2.05) is 36.4 Å². The highest BCUT2D eigenvalue weighted by Gasteiger charge is 2.21. The molecular weight excluding hydrogens is 342 g/mol. The Morgan fingerprint density at radius 2 is 1.48 bits per heavy atom. The first-order valence-corrected chi connectivity index (χ1v) is 8.52. The molecule has 0 bridgehead atoms. The molecule has 0 fully saturated rings. The van der Waals surface area contributed by atoms with Crippen molar-refractivity contribution in [2.45, 2.75) is 12.5 Å². The smallest absolute Gasteiger partial charge is 0.326 e. The van der Waals surface area contributed by atoms with Crippen LogP contribution in [0.5, 0.6) is 11.5 Å². The maximum Gasteiger partial charge on any atom is 0.326 e. The molecule has 1 atom stereocenters. The summed E-state index contributed by atoms with van der Waals surface area (Å²) in [7, 11) is 0. The van der Waals surface area contributed by atoms with Gasteiger partial charge in [0.05, 0.1) is 0 Å². The van der Waals surface area contributed by atoms with Crippen LogP contribution < -0.4 is 10.1 Å². The first kappa shape index (κ1) is 18.2. The summed E-state index contributed by atoms with van der Waals surface area (Å²) in [6, 6.07) is 24.0. The van der Waals surface area contributed by atoms with Gasteiger partial charge >= 0.3 is 5.97 Å². The Hall–Kier alpha value is -3.60. The second-order valence-corrected chi connectivity index (χ2v) is 6.00.